The van der Waals surface area contributed by atoms with Crippen LogP contribution in [0, 0.1) is 0 Å². The van der Waals surface area contributed by atoms with Crippen LogP contribution in [-0.4, -0.2) is 39.4 Å². The number of aromatic nitrogens is 1. The number of rotatable bonds is 6. The van der Waals surface area contributed by atoms with E-state index in [-0.39, 0.29) is 10.8 Å². The number of hydrogen-bond donors (Lipinski definition) is 2. The van der Waals surface area contributed by atoms with E-state index >= 15 is 0 Å². The summed E-state index contributed by atoms with van der Waals surface area (Å²) in [6, 6.07) is 9.80. The molecule has 2 heterocycles. The van der Waals surface area contributed by atoms with Gasteiger partial charge in [0.05, 0.1) is 4.90 Å². The summed E-state index contributed by atoms with van der Waals surface area (Å²) in [6.07, 6.45) is 4.10. The second-order valence-corrected chi connectivity index (χ2v) is 8.02. The van der Waals surface area contributed by atoms with Gasteiger partial charge in [-0.3, -0.25) is 4.79 Å². The van der Waals surface area contributed by atoms with Gasteiger partial charge in [-0.15, -0.1) is 0 Å². The number of nitrogens with zero attached hydrogens (tertiary/aromatic N) is 2. The minimum Gasteiger partial charge on any atom is -0.357 e. The number of carbonyl (C=O) groups excluding carboxylic acids is 1. The van der Waals surface area contributed by atoms with Crippen molar-refractivity contribution in [3.63, 3.8) is 0 Å². The van der Waals surface area contributed by atoms with E-state index in [1.807, 2.05) is 12.1 Å². The van der Waals surface area contributed by atoms with Gasteiger partial charge in [-0.1, -0.05) is 6.07 Å². The summed E-state index contributed by atoms with van der Waals surface area (Å²) < 4.78 is 26.0. The van der Waals surface area contributed by atoms with Crippen LogP contribution >= 0.6 is 0 Å². The summed E-state index contributed by atoms with van der Waals surface area (Å²) in [4.78, 5) is 19.1. The van der Waals surface area contributed by atoms with Crippen molar-refractivity contribution in [1.29, 1.82) is 0 Å². The minimum atomic E-state index is -3.58. The van der Waals surface area contributed by atoms with E-state index in [1.165, 1.54) is 32.0 Å². The largest absolute Gasteiger partial charge is 0.357 e. The summed E-state index contributed by atoms with van der Waals surface area (Å²) in [5.41, 5.74) is 1.25. The third kappa shape index (κ3) is 4.20. The molecule has 0 saturated carbocycles. The highest BCUT2D eigenvalue weighted by Crippen LogP contribution is 2.18. The topological polar surface area (TPSA) is 91.4 Å². The van der Waals surface area contributed by atoms with Gasteiger partial charge in [0.2, 0.25) is 10.0 Å². The quantitative estimate of drug-likeness (QED) is 0.800. The average molecular weight is 374 g/mol. The van der Waals surface area contributed by atoms with Crippen molar-refractivity contribution in [3.05, 3.63) is 53.7 Å². The smallest absolute Gasteiger partial charge is 0.251 e. The van der Waals surface area contributed by atoms with Gasteiger partial charge in [-0.05, 0) is 55.8 Å². The zero-order chi connectivity index (χ0) is 18.6. The molecule has 1 aromatic heterocycles. The first-order valence-electron chi connectivity index (χ1n) is 8.51. The Morgan fingerprint density at radius 1 is 1.19 bits per heavy atom. The standard InChI is InChI=1S/C18H22N4O3S/c1-19-26(24,25)16-6-4-5-15(12-16)18(23)21-13-14-7-8-20-17(11-14)22-9-2-3-10-22/h4-8,11-12,19H,2-3,9-10,13H2,1H3,(H,21,23). The molecule has 0 spiro atoms. The molecule has 2 N–H and O–H groups in total. The Morgan fingerprint density at radius 3 is 2.69 bits per heavy atom. The van der Waals surface area contributed by atoms with Crippen molar-refractivity contribution >= 4 is 21.7 Å². The van der Waals surface area contributed by atoms with Crippen molar-refractivity contribution in [1.82, 2.24) is 15.0 Å². The van der Waals surface area contributed by atoms with Gasteiger partial charge >= 0.3 is 0 Å². The summed E-state index contributed by atoms with van der Waals surface area (Å²) in [6.45, 7) is 2.37. The molecular formula is C18H22N4O3S. The van der Waals surface area contributed by atoms with Crippen LogP contribution in [0.1, 0.15) is 28.8 Å². The van der Waals surface area contributed by atoms with E-state index in [1.54, 1.807) is 18.3 Å². The molecule has 0 unspecified atom stereocenters. The number of sulfonamides is 1. The number of amides is 1. The molecule has 3 rings (SSSR count). The Labute approximate surface area is 153 Å². The maximum absolute atomic E-state index is 12.4. The van der Waals surface area contributed by atoms with E-state index in [2.05, 4.69) is 19.9 Å². The van der Waals surface area contributed by atoms with Crippen LogP contribution in [0.15, 0.2) is 47.5 Å². The summed E-state index contributed by atoms with van der Waals surface area (Å²) in [7, 11) is -2.24. The van der Waals surface area contributed by atoms with E-state index in [0.29, 0.717) is 12.1 Å². The predicted octanol–water partition coefficient (Wildman–Crippen LogP) is 1.52. The lowest BCUT2D eigenvalue weighted by molar-refractivity contribution is 0.0950. The molecule has 7 nitrogen and oxygen atoms in total. The lowest BCUT2D eigenvalue weighted by atomic mass is 10.2. The second kappa shape index (κ2) is 7.84. The molecule has 1 aliphatic rings. The lowest BCUT2D eigenvalue weighted by Crippen LogP contribution is -2.24. The third-order valence-corrected chi connectivity index (χ3v) is 5.78. The first-order valence-corrected chi connectivity index (χ1v) is 9.99. The normalized spacial score (nSPS) is 14.4. The first-order chi connectivity index (χ1) is 12.5. The van der Waals surface area contributed by atoms with Gasteiger partial charge in [0.15, 0.2) is 0 Å². The number of pyridine rings is 1. The Morgan fingerprint density at radius 2 is 1.96 bits per heavy atom. The zero-order valence-electron chi connectivity index (χ0n) is 14.6. The van der Waals surface area contributed by atoms with Crippen LogP contribution in [0.3, 0.4) is 0 Å². The molecule has 0 aliphatic carbocycles. The fourth-order valence-corrected chi connectivity index (χ4v) is 3.67. The summed E-state index contributed by atoms with van der Waals surface area (Å²) >= 11 is 0. The zero-order valence-corrected chi connectivity index (χ0v) is 15.4. The molecule has 1 amide bonds. The lowest BCUT2D eigenvalue weighted by Gasteiger charge is -2.17. The maximum Gasteiger partial charge on any atom is 0.251 e. The van der Waals surface area contributed by atoms with Crippen molar-refractivity contribution in [2.75, 3.05) is 25.0 Å². The molecule has 1 saturated heterocycles. The minimum absolute atomic E-state index is 0.0629. The van der Waals surface area contributed by atoms with Gasteiger partial charge in [-0.25, -0.2) is 18.1 Å². The van der Waals surface area contributed by atoms with Crippen molar-refractivity contribution in [3.8, 4) is 0 Å². The van der Waals surface area contributed by atoms with Crippen LogP contribution in [0.5, 0.6) is 0 Å². The van der Waals surface area contributed by atoms with Gasteiger partial charge in [0, 0.05) is 31.4 Å². The van der Waals surface area contributed by atoms with Crippen LogP contribution < -0.4 is 14.9 Å². The molecule has 2 aromatic rings. The molecule has 26 heavy (non-hydrogen) atoms. The second-order valence-electron chi connectivity index (χ2n) is 6.13. The van der Waals surface area contributed by atoms with Crippen LogP contribution in [0.4, 0.5) is 5.82 Å². The molecule has 0 bridgehead atoms. The van der Waals surface area contributed by atoms with Gasteiger partial charge in [0.25, 0.3) is 5.91 Å². The molecule has 0 radical (unpaired) electrons. The number of hydrogen-bond acceptors (Lipinski definition) is 5. The van der Waals surface area contributed by atoms with E-state index < -0.39 is 10.0 Å². The van der Waals surface area contributed by atoms with Crippen molar-refractivity contribution in [2.24, 2.45) is 0 Å². The van der Waals surface area contributed by atoms with Crippen LogP contribution in [0.2, 0.25) is 0 Å². The Bertz CT molecular complexity index is 893. The van der Waals surface area contributed by atoms with E-state index in [0.717, 1.165) is 24.5 Å². The number of benzene rings is 1. The van der Waals surface area contributed by atoms with E-state index in [4.69, 9.17) is 0 Å². The molecule has 138 valence electrons. The first kappa shape index (κ1) is 18.3. The molecule has 1 aliphatic heterocycles. The van der Waals surface area contributed by atoms with E-state index in [9.17, 15) is 13.2 Å². The Hall–Kier alpha value is -2.45. The molecule has 0 atom stereocenters. The summed E-state index contributed by atoms with van der Waals surface area (Å²) in [5.74, 6) is 0.606. The highest BCUT2D eigenvalue weighted by Gasteiger charge is 2.15. The number of anilines is 1. The molecule has 1 aromatic carbocycles. The molecule has 8 heteroatoms. The van der Waals surface area contributed by atoms with Gasteiger partial charge < -0.3 is 10.2 Å². The van der Waals surface area contributed by atoms with Crippen LogP contribution in [-0.2, 0) is 16.6 Å². The maximum atomic E-state index is 12.4. The van der Waals surface area contributed by atoms with Crippen LogP contribution in [0.25, 0.3) is 0 Å². The predicted molar refractivity (Wildman–Crippen MR) is 99.5 cm³/mol. The Kier molecular flexibility index (Phi) is 5.53. The number of carbonyl (C=O) groups is 1. The molecule has 1 fully saturated rings. The van der Waals surface area contributed by atoms with Gasteiger partial charge in [-0.2, -0.15) is 0 Å². The molecular weight excluding hydrogens is 352 g/mol. The monoisotopic (exact) mass is 374 g/mol. The summed E-state index contributed by atoms with van der Waals surface area (Å²) in [5, 5.41) is 2.83. The highest BCUT2D eigenvalue weighted by molar-refractivity contribution is 7.89. The SMILES string of the molecule is CNS(=O)(=O)c1cccc(C(=O)NCc2ccnc(N3CCCC3)c2)c1. The van der Waals surface area contributed by atoms with Gasteiger partial charge in [0.1, 0.15) is 5.82 Å². The highest BCUT2D eigenvalue weighted by atomic mass is 32.2. The number of nitrogens with one attached hydrogen (secondary N) is 2. The fourth-order valence-electron chi connectivity index (χ4n) is 2.90. The Balaban J connectivity index is 1.68. The van der Waals surface area contributed by atoms with Crippen molar-refractivity contribution < 1.29 is 13.2 Å². The fraction of sp³-hybridized carbons (Fsp3) is 0.333. The average Bonchev–Trinajstić information content (AvgIpc) is 3.21. The third-order valence-electron chi connectivity index (χ3n) is 4.37. The van der Waals surface area contributed by atoms with Crippen molar-refractivity contribution in [2.45, 2.75) is 24.3 Å².